The molecule has 0 aliphatic carbocycles. The number of carbonyl (C=O) groups is 1. The van der Waals surface area contributed by atoms with Crippen LogP contribution in [0.3, 0.4) is 0 Å². The van der Waals surface area contributed by atoms with E-state index in [4.69, 9.17) is 0 Å². The summed E-state index contributed by atoms with van der Waals surface area (Å²) in [5.74, 6) is 0.484. The molecular formula is C12H22N2O3S. The largest absolute Gasteiger partial charge is 0.303 e. The second kappa shape index (κ2) is 5.67. The van der Waals surface area contributed by atoms with Crippen LogP contribution in [-0.2, 0) is 15.0 Å². The topological polar surface area (TPSA) is 57.7 Å². The molecule has 0 N–H and O–H groups in total. The maximum atomic E-state index is 12.4. The Balaban J connectivity index is 2.00. The first-order valence-corrected chi connectivity index (χ1v) is 8.14. The van der Waals surface area contributed by atoms with Crippen LogP contribution in [0.15, 0.2) is 0 Å². The molecule has 0 saturated carbocycles. The monoisotopic (exact) mass is 274 g/mol. The molecule has 0 spiro atoms. The minimum absolute atomic E-state index is 0.0386. The second-order valence-corrected chi connectivity index (χ2v) is 7.41. The van der Waals surface area contributed by atoms with Crippen molar-refractivity contribution in [1.29, 1.82) is 0 Å². The van der Waals surface area contributed by atoms with E-state index in [0.717, 1.165) is 19.1 Å². The zero-order chi connectivity index (χ0) is 13.2. The van der Waals surface area contributed by atoms with Gasteiger partial charge in [0.15, 0.2) is 0 Å². The van der Waals surface area contributed by atoms with Gasteiger partial charge in [0.05, 0.1) is 0 Å². The van der Waals surface area contributed by atoms with Crippen molar-refractivity contribution >= 4 is 16.5 Å². The molecule has 2 aliphatic rings. The molecule has 2 fully saturated rings. The molecule has 6 heteroatoms. The van der Waals surface area contributed by atoms with Gasteiger partial charge in [-0.2, -0.15) is 17.0 Å². The summed E-state index contributed by atoms with van der Waals surface area (Å²) in [6.07, 6.45) is 4.33. The highest BCUT2D eigenvalue weighted by Gasteiger charge is 2.34. The molecule has 0 aromatic heterocycles. The van der Waals surface area contributed by atoms with E-state index in [1.165, 1.54) is 0 Å². The number of piperidine rings is 2. The average molecular weight is 274 g/mol. The van der Waals surface area contributed by atoms with Crippen molar-refractivity contribution in [2.24, 2.45) is 11.8 Å². The van der Waals surface area contributed by atoms with Gasteiger partial charge in [0, 0.05) is 32.1 Å². The summed E-state index contributed by atoms with van der Waals surface area (Å²) >= 11 is 0. The average Bonchev–Trinajstić information content (AvgIpc) is 2.39. The Bertz CT molecular complexity index is 388. The molecule has 104 valence electrons. The molecule has 2 rings (SSSR count). The molecule has 0 bridgehead atoms. The molecule has 2 saturated heterocycles. The van der Waals surface area contributed by atoms with Crippen molar-refractivity contribution in [1.82, 2.24) is 8.61 Å². The molecule has 1 unspecified atom stereocenters. The SMILES string of the molecule is CC1CCCN(S(=O)(=O)N2CCC(C=O)CC2)C1. The maximum Gasteiger partial charge on any atom is 0.281 e. The highest BCUT2D eigenvalue weighted by Crippen LogP contribution is 2.24. The van der Waals surface area contributed by atoms with Crippen molar-refractivity contribution < 1.29 is 13.2 Å². The second-order valence-electron chi connectivity index (χ2n) is 5.49. The van der Waals surface area contributed by atoms with E-state index < -0.39 is 10.2 Å². The normalized spacial score (nSPS) is 29.3. The van der Waals surface area contributed by atoms with Crippen LogP contribution in [0.2, 0.25) is 0 Å². The molecule has 0 aromatic carbocycles. The molecule has 0 radical (unpaired) electrons. The van der Waals surface area contributed by atoms with E-state index in [9.17, 15) is 13.2 Å². The van der Waals surface area contributed by atoms with Crippen LogP contribution in [0.1, 0.15) is 32.6 Å². The van der Waals surface area contributed by atoms with Gasteiger partial charge in [0.25, 0.3) is 10.2 Å². The fourth-order valence-electron chi connectivity index (χ4n) is 2.76. The van der Waals surface area contributed by atoms with Crippen LogP contribution in [0, 0.1) is 11.8 Å². The molecule has 0 amide bonds. The zero-order valence-electron chi connectivity index (χ0n) is 10.9. The lowest BCUT2D eigenvalue weighted by Gasteiger charge is -2.36. The van der Waals surface area contributed by atoms with Gasteiger partial charge in [0.2, 0.25) is 0 Å². The summed E-state index contributed by atoms with van der Waals surface area (Å²) in [5, 5.41) is 0. The first-order valence-electron chi connectivity index (χ1n) is 6.74. The van der Waals surface area contributed by atoms with Crippen molar-refractivity contribution in [3.63, 3.8) is 0 Å². The van der Waals surface area contributed by atoms with Gasteiger partial charge < -0.3 is 4.79 Å². The molecule has 5 nitrogen and oxygen atoms in total. The lowest BCUT2D eigenvalue weighted by molar-refractivity contribution is -0.112. The number of hydrogen-bond acceptors (Lipinski definition) is 3. The first-order chi connectivity index (χ1) is 8.54. The number of rotatable bonds is 3. The summed E-state index contributed by atoms with van der Waals surface area (Å²) < 4.78 is 28.0. The molecule has 1 atom stereocenters. The van der Waals surface area contributed by atoms with E-state index in [2.05, 4.69) is 6.92 Å². The summed E-state index contributed by atoms with van der Waals surface area (Å²) in [7, 11) is -3.30. The van der Waals surface area contributed by atoms with Crippen LogP contribution in [0.4, 0.5) is 0 Å². The molecule has 18 heavy (non-hydrogen) atoms. The van der Waals surface area contributed by atoms with Crippen LogP contribution in [0.25, 0.3) is 0 Å². The van der Waals surface area contributed by atoms with Crippen LogP contribution < -0.4 is 0 Å². The summed E-state index contributed by atoms with van der Waals surface area (Å²) in [6.45, 7) is 4.34. The minimum Gasteiger partial charge on any atom is -0.303 e. The van der Waals surface area contributed by atoms with Gasteiger partial charge in [-0.05, 0) is 31.6 Å². The van der Waals surface area contributed by atoms with Gasteiger partial charge in [-0.3, -0.25) is 0 Å². The number of nitrogens with zero attached hydrogens (tertiary/aromatic N) is 2. The fourth-order valence-corrected chi connectivity index (χ4v) is 4.56. The minimum atomic E-state index is -3.30. The Morgan fingerprint density at radius 1 is 1.06 bits per heavy atom. The summed E-state index contributed by atoms with van der Waals surface area (Å²) in [6, 6.07) is 0. The summed E-state index contributed by atoms with van der Waals surface area (Å²) in [5.41, 5.74) is 0. The molecule has 0 aromatic rings. The van der Waals surface area contributed by atoms with E-state index in [1.807, 2.05) is 0 Å². The fraction of sp³-hybridized carbons (Fsp3) is 0.917. The number of hydrogen-bond donors (Lipinski definition) is 0. The Hall–Kier alpha value is -0.460. The van der Waals surface area contributed by atoms with E-state index in [-0.39, 0.29) is 5.92 Å². The van der Waals surface area contributed by atoms with Gasteiger partial charge in [-0.1, -0.05) is 6.92 Å². The lowest BCUT2D eigenvalue weighted by Crippen LogP contribution is -2.50. The van der Waals surface area contributed by atoms with Crippen molar-refractivity contribution in [2.45, 2.75) is 32.6 Å². The van der Waals surface area contributed by atoms with E-state index in [1.54, 1.807) is 8.61 Å². The van der Waals surface area contributed by atoms with Crippen LogP contribution in [0.5, 0.6) is 0 Å². The first kappa shape index (κ1) is 14.0. The van der Waals surface area contributed by atoms with Gasteiger partial charge in [-0.15, -0.1) is 0 Å². The highest BCUT2D eigenvalue weighted by molar-refractivity contribution is 7.86. The number of carbonyl (C=O) groups excluding carboxylic acids is 1. The Kier molecular flexibility index (Phi) is 4.40. The Labute approximate surface area is 109 Å². The predicted molar refractivity (Wildman–Crippen MR) is 69.3 cm³/mol. The quantitative estimate of drug-likeness (QED) is 0.718. The third-order valence-corrected chi connectivity index (χ3v) is 5.97. The van der Waals surface area contributed by atoms with Crippen LogP contribution in [-0.4, -0.2) is 49.5 Å². The van der Waals surface area contributed by atoms with Gasteiger partial charge in [0.1, 0.15) is 6.29 Å². The van der Waals surface area contributed by atoms with Crippen molar-refractivity contribution in [3.8, 4) is 0 Å². The van der Waals surface area contributed by atoms with Crippen LogP contribution >= 0.6 is 0 Å². The molecule has 2 heterocycles. The lowest BCUT2D eigenvalue weighted by atomic mass is 10.0. The summed E-state index contributed by atoms with van der Waals surface area (Å²) in [4.78, 5) is 10.7. The van der Waals surface area contributed by atoms with Crippen molar-refractivity contribution in [2.75, 3.05) is 26.2 Å². The van der Waals surface area contributed by atoms with Crippen molar-refractivity contribution in [3.05, 3.63) is 0 Å². The third kappa shape index (κ3) is 2.92. The Morgan fingerprint density at radius 3 is 2.28 bits per heavy atom. The van der Waals surface area contributed by atoms with Gasteiger partial charge in [-0.25, -0.2) is 0 Å². The third-order valence-electron chi connectivity index (χ3n) is 3.96. The van der Waals surface area contributed by atoms with E-state index in [0.29, 0.717) is 44.9 Å². The maximum absolute atomic E-state index is 12.4. The molecule has 2 aliphatic heterocycles. The number of aldehydes is 1. The zero-order valence-corrected chi connectivity index (χ0v) is 11.7. The molecular weight excluding hydrogens is 252 g/mol. The van der Waals surface area contributed by atoms with Gasteiger partial charge >= 0.3 is 0 Å². The smallest absolute Gasteiger partial charge is 0.281 e. The standard InChI is InChI=1S/C12H22N2O3S/c1-11-3-2-6-14(9-11)18(16,17)13-7-4-12(10-15)5-8-13/h10-12H,2-9H2,1H3. The highest BCUT2D eigenvalue weighted by atomic mass is 32.2. The predicted octanol–water partition coefficient (Wildman–Crippen LogP) is 0.874. The van der Waals surface area contributed by atoms with E-state index >= 15 is 0 Å². The Morgan fingerprint density at radius 2 is 1.72 bits per heavy atom.